The average Bonchev–Trinajstić information content (AvgIpc) is 3.06. The zero-order valence-corrected chi connectivity index (χ0v) is 10.2. The number of carboxylic acids is 1. The highest BCUT2D eigenvalue weighted by Crippen LogP contribution is 2.51. The van der Waals surface area contributed by atoms with Crippen molar-refractivity contribution in [1.29, 1.82) is 0 Å². The Labute approximate surface area is 104 Å². The number of aromatic nitrogens is 1. The lowest BCUT2D eigenvalue weighted by molar-refractivity contribution is -0.140. The van der Waals surface area contributed by atoms with E-state index >= 15 is 0 Å². The quantitative estimate of drug-likeness (QED) is 0.889. The summed E-state index contributed by atoms with van der Waals surface area (Å²) in [5, 5.41) is 10.1. The lowest BCUT2D eigenvalue weighted by atomic mass is 9.99. The van der Waals surface area contributed by atoms with E-state index in [2.05, 4.69) is 0 Å². The molecule has 3 nitrogen and oxygen atoms in total. The first-order valence-electron chi connectivity index (χ1n) is 5.57. The molecular formula is C13H12ClNO2. The molecule has 1 aliphatic carbocycles. The second kappa shape index (κ2) is 3.26. The van der Waals surface area contributed by atoms with E-state index in [0.717, 1.165) is 16.8 Å². The number of carboxylic acid groups (broad SMARTS) is 1. The molecule has 1 aliphatic rings. The summed E-state index contributed by atoms with van der Waals surface area (Å²) in [6, 6.07) is 5.71. The van der Waals surface area contributed by atoms with Gasteiger partial charge in [-0.25, -0.2) is 0 Å². The van der Waals surface area contributed by atoms with Gasteiger partial charge in [-0.05, 0) is 37.5 Å². The normalized spacial score (nSPS) is 17.3. The van der Waals surface area contributed by atoms with E-state index in [1.54, 1.807) is 0 Å². The van der Waals surface area contributed by atoms with E-state index in [1.807, 2.05) is 35.7 Å². The van der Waals surface area contributed by atoms with Crippen LogP contribution in [-0.4, -0.2) is 15.5 Å². The van der Waals surface area contributed by atoms with Crippen molar-refractivity contribution in [3.8, 4) is 0 Å². The van der Waals surface area contributed by atoms with Crippen LogP contribution in [-0.2, 0) is 10.2 Å². The van der Waals surface area contributed by atoms with Crippen molar-refractivity contribution in [2.45, 2.75) is 25.2 Å². The summed E-state index contributed by atoms with van der Waals surface area (Å²) in [4.78, 5) is 11.4. The lowest BCUT2D eigenvalue weighted by Gasteiger charge is -2.11. The molecule has 0 aliphatic heterocycles. The summed E-state index contributed by atoms with van der Waals surface area (Å²) in [5.41, 5.74) is 1.89. The summed E-state index contributed by atoms with van der Waals surface area (Å²) in [7, 11) is 0. The lowest BCUT2D eigenvalue weighted by Crippen LogP contribution is -2.22. The van der Waals surface area contributed by atoms with E-state index in [9.17, 15) is 9.90 Å². The molecule has 4 heteroatoms. The molecule has 1 saturated carbocycles. The van der Waals surface area contributed by atoms with Crippen LogP contribution in [0.25, 0.3) is 5.52 Å². The molecule has 0 unspecified atom stereocenters. The predicted octanol–water partition coefficient (Wildman–Crippen LogP) is 3.02. The number of rotatable bonds is 2. The fourth-order valence-corrected chi connectivity index (χ4v) is 2.80. The summed E-state index contributed by atoms with van der Waals surface area (Å²) >= 11 is 6.27. The van der Waals surface area contributed by atoms with Gasteiger partial charge in [-0.2, -0.15) is 0 Å². The highest BCUT2D eigenvalue weighted by Gasteiger charge is 2.54. The van der Waals surface area contributed by atoms with Gasteiger partial charge in [-0.3, -0.25) is 4.79 Å². The van der Waals surface area contributed by atoms with Crippen LogP contribution in [0.4, 0.5) is 0 Å². The number of fused-ring (bicyclic) bond motifs is 1. The minimum atomic E-state index is -0.750. The first-order chi connectivity index (χ1) is 8.08. The van der Waals surface area contributed by atoms with Crippen LogP contribution in [0.2, 0.25) is 5.02 Å². The molecule has 0 saturated heterocycles. The first kappa shape index (κ1) is 10.7. The van der Waals surface area contributed by atoms with Crippen LogP contribution in [0.15, 0.2) is 24.4 Å². The van der Waals surface area contributed by atoms with Gasteiger partial charge < -0.3 is 9.51 Å². The minimum Gasteiger partial charge on any atom is -0.481 e. The van der Waals surface area contributed by atoms with E-state index in [4.69, 9.17) is 11.6 Å². The van der Waals surface area contributed by atoms with Crippen molar-refractivity contribution in [3.05, 3.63) is 40.7 Å². The van der Waals surface area contributed by atoms with Crippen LogP contribution >= 0.6 is 11.6 Å². The van der Waals surface area contributed by atoms with Gasteiger partial charge in [-0.1, -0.05) is 17.7 Å². The second-order valence-electron chi connectivity index (χ2n) is 4.63. The van der Waals surface area contributed by atoms with Crippen LogP contribution in [0.1, 0.15) is 24.1 Å². The molecule has 88 valence electrons. The van der Waals surface area contributed by atoms with Gasteiger partial charge in [-0.15, -0.1) is 0 Å². The fraction of sp³-hybridized carbons (Fsp3) is 0.308. The summed E-state index contributed by atoms with van der Waals surface area (Å²) < 4.78 is 1.92. The molecule has 0 bridgehead atoms. The highest BCUT2D eigenvalue weighted by molar-refractivity contribution is 6.35. The predicted molar refractivity (Wildman–Crippen MR) is 65.7 cm³/mol. The Morgan fingerprint density at radius 3 is 2.76 bits per heavy atom. The smallest absolute Gasteiger partial charge is 0.315 e. The van der Waals surface area contributed by atoms with Gasteiger partial charge >= 0.3 is 5.97 Å². The van der Waals surface area contributed by atoms with Crippen LogP contribution in [0, 0.1) is 6.92 Å². The molecule has 17 heavy (non-hydrogen) atoms. The molecule has 2 aromatic rings. The molecule has 2 aromatic heterocycles. The Morgan fingerprint density at radius 2 is 2.18 bits per heavy atom. The Kier molecular flexibility index (Phi) is 2.05. The van der Waals surface area contributed by atoms with Crippen molar-refractivity contribution in [2.75, 3.05) is 0 Å². The molecule has 2 heterocycles. The topological polar surface area (TPSA) is 41.7 Å². The van der Waals surface area contributed by atoms with Crippen molar-refractivity contribution < 1.29 is 9.90 Å². The maximum atomic E-state index is 11.4. The third-order valence-electron chi connectivity index (χ3n) is 3.62. The van der Waals surface area contributed by atoms with Gasteiger partial charge in [0, 0.05) is 11.9 Å². The third-order valence-corrected chi connectivity index (χ3v) is 4.10. The highest BCUT2D eigenvalue weighted by atomic mass is 35.5. The largest absolute Gasteiger partial charge is 0.481 e. The second-order valence-corrected chi connectivity index (χ2v) is 5.01. The maximum absolute atomic E-state index is 11.4. The summed E-state index contributed by atoms with van der Waals surface area (Å²) in [6.07, 6.45) is 3.27. The Balaban J connectivity index is 2.37. The number of pyridine rings is 1. The summed E-state index contributed by atoms with van der Waals surface area (Å²) in [5.74, 6) is -0.750. The standard InChI is InChI=1S/C13H12ClNO2/c1-8-10(14)9-4-2-3-7-15(9)11(8)13(5-6-13)12(16)17/h2-4,7H,5-6H2,1H3,(H,16,17). The zero-order valence-electron chi connectivity index (χ0n) is 9.40. The molecule has 3 rings (SSSR count). The van der Waals surface area contributed by atoms with Crippen LogP contribution < -0.4 is 0 Å². The number of carbonyl (C=O) groups is 1. The Bertz CT molecular complexity index is 626. The minimum absolute atomic E-state index is 0.660. The molecule has 1 fully saturated rings. The molecule has 0 radical (unpaired) electrons. The number of halogens is 1. The monoisotopic (exact) mass is 249 g/mol. The number of nitrogens with zero attached hydrogens (tertiary/aromatic N) is 1. The molecule has 0 atom stereocenters. The van der Waals surface area contributed by atoms with Crippen molar-refractivity contribution in [1.82, 2.24) is 4.40 Å². The first-order valence-corrected chi connectivity index (χ1v) is 5.95. The number of aliphatic carboxylic acids is 1. The van der Waals surface area contributed by atoms with Crippen LogP contribution in [0.3, 0.4) is 0 Å². The van der Waals surface area contributed by atoms with Gasteiger partial charge in [0.05, 0.1) is 10.5 Å². The van der Waals surface area contributed by atoms with E-state index in [-0.39, 0.29) is 0 Å². The molecule has 0 amide bonds. The maximum Gasteiger partial charge on any atom is 0.315 e. The van der Waals surface area contributed by atoms with Crippen LogP contribution in [0.5, 0.6) is 0 Å². The summed E-state index contributed by atoms with van der Waals surface area (Å²) in [6.45, 7) is 1.90. The van der Waals surface area contributed by atoms with Crippen molar-refractivity contribution in [2.24, 2.45) is 0 Å². The van der Waals surface area contributed by atoms with E-state index in [0.29, 0.717) is 17.9 Å². The molecule has 1 N–H and O–H groups in total. The Hall–Kier alpha value is -1.48. The fourth-order valence-electron chi connectivity index (χ4n) is 2.56. The van der Waals surface area contributed by atoms with E-state index in [1.165, 1.54) is 0 Å². The SMILES string of the molecule is Cc1c(Cl)c2ccccn2c1C1(C(=O)O)CC1. The molecule has 0 spiro atoms. The van der Waals surface area contributed by atoms with Gasteiger partial charge in [0.25, 0.3) is 0 Å². The number of hydrogen-bond acceptors (Lipinski definition) is 1. The molecular weight excluding hydrogens is 238 g/mol. The number of hydrogen-bond donors (Lipinski definition) is 1. The van der Waals surface area contributed by atoms with Gasteiger partial charge in [0.2, 0.25) is 0 Å². The van der Waals surface area contributed by atoms with Crippen molar-refractivity contribution in [3.63, 3.8) is 0 Å². The average molecular weight is 250 g/mol. The third kappa shape index (κ3) is 1.26. The zero-order chi connectivity index (χ0) is 12.2. The molecule has 0 aromatic carbocycles. The Morgan fingerprint density at radius 1 is 1.47 bits per heavy atom. The van der Waals surface area contributed by atoms with Gasteiger partial charge in [0.15, 0.2) is 0 Å². The van der Waals surface area contributed by atoms with Crippen molar-refractivity contribution >= 4 is 23.1 Å². The van der Waals surface area contributed by atoms with Gasteiger partial charge in [0.1, 0.15) is 5.41 Å². The van der Waals surface area contributed by atoms with E-state index < -0.39 is 11.4 Å².